The number of hydrogen-bond acceptors (Lipinski definition) is 2. The number of nitrogens with zero attached hydrogens (tertiary/aromatic N) is 1. The fourth-order valence-corrected chi connectivity index (χ4v) is 3.14. The first-order valence-electron chi connectivity index (χ1n) is 7.10. The first kappa shape index (κ1) is 16.3. The van der Waals surface area contributed by atoms with Crippen LogP contribution < -0.4 is 5.32 Å². The lowest BCUT2D eigenvalue weighted by Crippen LogP contribution is -2.08. The molecular formula is C16H19Cl2FN2. The van der Waals surface area contributed by atoms with Crippen molar-refractivity contribution in [1.82, 2.24) is 4.98 Å². The van der Waals surface area contributed by atoms with Crippen molar-refractivity contribution in [2.75, 3.05) is 11.9 Å². The van der Waals surface area contributed by atoms with Crippen LogP contribution >= 0.6 is 23.2 Å². The van der Waals surface area contributed by atoms with E-state index in [1.165, 1.54) is 6.07 Å². The van der Waals surface area contributed by atoms with Gasteiger partial charge in [-0.1, -0.05) is 44.0 Å². The van der Waals surface area contributed by atoms with Crippen molar-refractivity contribution in [3.63, 3.8) is 0 Å². The van der Waals surface area contributed by atoms with Crippen LogP contribution in [0.4, 0.5) is 10.1 Å². The van der Waals surface area contributed by atoms with E-state index < -0.39 is 5.82 Å². The van der Waals surface area contributed by atoms with Gasteiger partial charge in [0.15, 0.2) is 5.82 Å². The molecule has 0 saturated carbocycles. The summed E-state index contributed by atoms with van der Waals surface area (Å²) in [6.45, 7) is 9.01. The minimum atomic E-state index is -0.592. The van der Waals surface area contributed by atoms with E-state index in [1.54, 1.807) is 0 Å². The molecule has 1 heterocycles. The number of aryl methyl sites for hydroxylation is 1. The Kier molecular flexibility index (Phi) is 4.95. The van der Waals surface area contributed by atoms with Crippen LogP contribution in [0, 0.1) is 12.7 Å². The van der Waals surface area contributed by atoms with Crippen molar-refractivity contribution >= 4 is 39.8 Å². The highest BCUT2D eigenvalue weighted by Gasteiger charge is 2.20. The van der Waals surface area contributed by atoms with Crippen molar-refractivity contribution in [1.29, 1.82) is 0 Å². The summed E-state index contributed by atoms with van der Waals surface area (Å²) in [5.41, 5.74) is 3.47. The molecule has 0 aliphatic carbocycles. The van der Waals surface area contributed by atoms with Gasteiger partial charge in [0.05, 0.1) is 21.2 Å². The summed E-state index contributed by atoms with van der Waals surface area (Å²) in [6.07, 6.45) is 0.966. The summed E-state index contributed by atoms with van der Waals surface area (Å²) >= 11 is 12.1. The molecule has 0 saturated heterocycles. The molecule has 5 heteroatoms. The molecule has 0 fully saturated rings. The Morgan fingerprint density at radius 1 is 1.33 bits per heavy atom. The molecule has 1 aromatic heterocycles. The molecule has 114 valence electrons. The number of fused-ring (bicyclic) bond motifs is 1. The second-order valence-electron chi connectivity index (χ2n) is 5.45. The Morgan fingerprint density at radius 3 is 2.57 bits per heavy atom. The molecular weight excluding hydrogens is 310 g/mol. The smallest absolute Gasteiger partial charge is 0.161 e. The van der Waals surface area contributed by atoms with Crippen molar-refractivity contribution in [2.45, 2.75) is 40.0 Å². The van der Waals surface area contributed by atoms with Crippen LogP contribution in [0.1, 0.15) is 44.4 Å². The maximum absolute atomic E-state index is 14.1. The molecule has 0 amide bonds. The second kappa shape index (κ2) is 6.37. The molecule has 0 bridgehead atoms. The molecule has 2 rings (SSSR count). The maximum Gasteiger partial charge on any atom is 0.161 e. The van der Waals surface area contributed by atoms with Gasteiger partial charge in [0.1, 0.15) is 0 Å². The highest BCUT2D eigenvalue weighted by atomic mass is 35.5. The molecule has 0 radical (unpaired) electrons. The van der Waals surface area contributed by atoms with Gasteiger partial charge in [-0.25, -0.2) is 4.39 Å². The Labute approximate surface area is 134 Å². The van der Waals surface area contributed by atoms with E-state index in [2.05, 4.69) is 31.1 Å². The maximum atomic E-state index is 14.1. The van der Waals surface area contributed by atoms with Gasteiger partial charge in [-0.3, -0.25) is 4.98 Å². The third kappa shape index (κ3) is 2.95. The van der Waals surface area contributed by atoms with Crippen LogP contribution in [0.5, 0.6) is 0 Å². The van der Waals surface area contributed by atoms with E-state index >= 15 is 0 Å². The van der Waals surface area contributed by atoms with E-state index in [0.29, 0.717) is 10.9 Å². The topological polar surface area (TPSA) is 24.9 Å². The van der Waals surface area contributed by atoms with E-state index in [9.17, 15) is 4.39 Å². The van der Waals surface area contributed by atoms with Crippen LogP contribution in [0.3, 0.4) is 0 Å². The first-order valence-corrected chi connectivity index (χ1v) is 7.85. The van der Waals surface area contributed by atoms with E-state index in [1.807, 2.05) is 6.92 Å². The monoisotopic (exact) mass is 328 g/mol. The number of benzene rings is 1. The fraction of sp³-hybridized carbons (Fsp3) is 0.438. The number of anilines is 1. The SMILES string of the molecule is CCCNc1c(C(C)C)c(C)nc2cc(Cl)c(F)c(Cl)c12. The normalized spacial score (nSPS) is 11.4. The Hall–Kier alpha value is -1.06. The lowest BCUT2D eigenvalue weighted by molar-refractivity contribution is 0.630. The summed E-state index contributed by atoms with van der Waals surface area (Å²) in [5.74, 6) is -0.332. The molecule has 0 unspecified atom stereocenters. The Bertz CT molecular complexity index is 684. The van der Waals surface area contributed by atoms with Gasteiger partial charge in [-0.2, -0.15) is 0 Å². The minimum absolute atomic E-state index is 0.00172. The number of pyridine rings is 1. The number of rotatable bonds is 4. The largest absolute Gasteiger partial charge is 0.384 e. The summed E-state index contributed by atoms with van der Waals surface area (Å²) in [6, 6.07) is 1.53. The number of nitrogens with one attached hydrogen (secondary N) is 1. The van der Waals surface area contributed by atoms with Crippen LogP contribution in [0.2, 0.25) is 10.0 Å². The number of hydrogen-bond donors (Lipinski definition) is 1. The fourth-order valence-electron chi connectivity index (χ4n) is 2.61. The Balaban J connectivity index is 2.88. The Morgan fingerprint density at radius 2 is 2.00 bits per heavy atom. The van der Waals surface area contributed by atoms with Gasteiger partial charge >= 0.3 is 0 Å². The predicted octanol–water partition coefficient (Wildman–Crippen LogP) is 5.93. The van der Waals surface area contributed by atoms with Gasteiger partial charge in [-0.05, 0) is 30.9 Å². The molecule has 0 atom stereocenters. The zero-order valence-corrected chi connectivity index (χ0v) is 14.2. The van der Waals surface area contributed by atoms with E-state index in [-0.39, 0.29) is 16.0 Å². The highest BCUT2D eigenvalue weighted by Crippen LogP contribution is 2.40. The average Bonchev–Trinajstić information content (AvgIpc) is 2.41. The third-order valence-corrected chi connectivity index (χ3v) is 4.10. The van der Waals surface area contributed by atoms with Crippen molar-refractivity contribution in [3.05, 3.63) is 33.2 Å². The van der Waals surface area contributed by atoms with Gasteiger partial charge in [-0.15, -0.1) is 0 Å². The van der Waals surface area contributed by atoms with Gasteiger partial charge in [0.25, 0.3) is 0 Å². The molecule has 21 heavy (non-hydrogen) atoms. The van der Waals surface area contributed by atoms with Crippen LogP contribution in [-0.4, -0.2) is 11.5 Å². The quantitative estimate of drug-likeness (QED) is 0.703. The zero-order valence-electron chi connectivity index (χ0n) is 12.7. The molecule has 2 nitrogen and oxygen atoms in total. The van der Waals surface area contributed by atoms with Gasteiger partial charge < -0.3 is 5.32 Å². The highest BCUT2D eigenvalue weighted by molar-refractivity contribution is 6.39. The first-order chi connectivity index (χ1) is 9.88. The van der Waals surface area contributed by atoms with Crippen LogP contribution in [0.15, 0.2) is 6.07 Å². The predicted molar refractivity (Wildman–Crippen MR) is 89.3 cm³/mol. The summed E-state index contributed by atoms with van der Waals surface area (Å²) < 4.78 is 14.1. The summed E-state index contributed by atoms with van der Waals surface area (Å²) in [4.78, 5) is 4.55. The molecule has 1 N–H and O–H groups in total. The number of aromatic nitrogens is 1. The summed E-state index contributed by atoms with van der Waals surface area (Å²) in [7, 11) is 0. The van der Waals surface area contributed by atoms with Crippen molar-refractivity contribution in [3.8, 4) is 0 Å². The molecule has 0 aliphatic rings. The lowest BCUT2D eigenvalue weighted by atomic mass is 9.96. The average molecular weight is 329 g/mol. The van der Waals surface area contributed by atoms with Crippen molar-refractivity contribution < 1.29 is 4.39 Å². The minimum Gasteiger partial charge on any atom is -0.384 e. The third-order valence-electron chi connectivity index (χ3n) is 3.47. The molecule has 0 spiro atoms. The standard InChI is InChI=1S/C16H19Cl2FN2/c1-5-6-20-16-12(8(2)3)9(4)21-11-7-10(17)15(19)14(18)13(11)16/h7-8H,5-6H2,1-4H3,(H,20,21). The number of halogens is 3. The van der Waals surface area contributed by atoms with Gasteiger partial charge in [0.2, 0.25) is 0 Å². The summed E-state index contributed by atoms with van der Waals surface area (Å²) in [5, 5.41) is 4.02. The van der Waals surface area contributed by atoms with Crippen molar-refractivity contribution in [2.24, 2.45) is 0 Å². The molecule has 1 aromatic carbocycles. The van der Waals surface area contributed by atoms with E-state index in [4.69, 9.17) is 23.2 Å². The van der Waals surface area contributed by atoms with Crippen LogP contribution in [-0.2, 0) is 0 Å². The molecule has 0 aliphatic heterocycles. The lowest BCUT2D eigenvalue weighted by Gasteiger charge is -2.20. The van der Waals surface area contributed by atoms with E-state index in [0.717, 1.165) is 29.9 Å². The zero-order chi connectivity index (χ0) is 15.7. The second-order valence-corrected chi connectivity index (χ2v) is 6.23. The molecule has 2 aromatic rings. The van der Waals surface area contributed by atoms with Gasteiger partial charge in [0, 0.05) is 17.6 Å². The van der Waals surface area contributed by atoms with Crippen LogP contribution in [0.25, 0.3) is 10.9 Å².